The fourth-order valence-corrected chi connectivity index (χ4v) is 5.15. The maximum Gasteiger partial charge on any atom is 0.326 e. The molecule has 1 amide bonds. The van der Waals surface area contributed by atoms with E-state index in [0.29, 0.717) is 30.4 Å². The van der Waals surface area contributed by atoms with Gasteiger partial charge in [0.15, 0.2) is 0 Å². The van der Waals surface area contributed by atoms with E-state index in [4.69, 9.17) is 0 Å². The average molecular weight is 412 g/mol. The molecular formula is C22H25N3O3S. The van der Waals surface area contributed by atoms with Crippen molar-refractivity contribution < 1.29 is 13.2 Å². The predicted octanol–water partition coefficient (Wildman–Crippen LogP) is 3.82. The summed E-state index contributed by atoms with van der Waals surface area (Å²) in [6, 6.07) is 16.1. The molecule has 0 atom stereocenters. The van der Waals surface area contributed by atoms with Crippen LogP contribution in [-0.2, 0) is 16.6 Å². The number of para-hydroxylation sites is 1. The molecule has 2 heterocycles. The molecule has 0 unspecified atom stereocenters. The number of sulfonamides is 1. The summed E-state index contributed by atoms with van der Waals surface area (Å²) in [5.41, 5.74) is 1.70. The van der Waals surface area contributed by atoms with Gasteiger partial charge in [0.2, 0.25) is 10.0 Å². The van der Waals surface area contributed by atoms with Crippen LogP contribution in [0.5, 0.6) is 0 Å². The highest BCUT2D eigenvalue weighted by molar-refractivity contribution is 7.89. The van der Waals surface area contributed by atoms with Gasteiger partial charge in [0.1, 0.15) is 0 Å². The first-order valence-corrected chi connectivity index (χ1v) is 11.3. The first-order chi connectivity index (χ1) is 13.9. The molecule has 1 fully saturated rings. The van der Waals surface area contributed by atoms with Crippen LogP contribution < -0.4 is 5.32 Å². The molecule has 4 rings (SSSR count). The van der Waals surface area contributed by atoms with E-state index < -0.39 is 10.0 Å². The molecule has 6 nitrogen and oxygen atoms in total. The van der Waals surface area contributed by atoms with Crippen LogP contribution in [0.3, 0.4) is 0 Å². The fraction of sp³-hybridized carbons (Fsp3) is 0.318. The lowest BCUT2D eigenvalue weighted by molar-refractivity contribution is 0.243. The standard InChI is InChI=1S/C22H25N3O3S/c1-17-10-13-24(14-11-17)29(27,28)20-8-6-18(7-9-20)16-23-22(26)25-15-12-19-4-2-3-5-21(19)25/h2-9,12,15,17H,10-11,13-14,16H2,1H3,(H,23,26). The Morgan fingerprint density at radius 3 is 2.45 bits per heavy atom. The molecule has 0 aliphatic carbocycles. The number of hydrogen-bond donors (Lipinski definition) is 1. The van der Waals surface area contributed by atoms with Gasteiger partial charge in [-0.25, -0.2) is 13.2 Å². The van der Waals surface area contributed by atoms with E-state index in [2.05, 4.69) is 12.2 Å². The zero-order valence-electron chi connectivity index (χ0n) is 16.4. The topological polar surface area (TPSA) is 71.4 Å². The first kappa shape index (κ1) is 19.7. The third-order valence-electron chi connectivity index (χ3n) is 5.57. The van der Waals surface area contributed by atoms with Crippen LogP contribution in [0.25, 0.3) is 10.9 Å². The van der Waals surface area contributed by atoms with E-state index in [1.807, 2.05) is 30.3 Å². The van der Waals surface area contributed by atoms with Crippen LogP contribution in [0.15, 0.2) is 65.7 Å². The lowest BCUT2D eigenvalue weighted by Crippen LogP contribution is -2.37. The molecule has 29 heavy (non-hydrogen) atoms. The predicted molar refractivity (Wildman–Crippen MR) is 113 cm³/mol. The highest BCUT2D eigenvalue weighted by atomic mass is 32.2. The number of piperidine rings is 1. The van der Waals surface area contributed by atoms with Gasteiger partial charge >= 0.3 is 6.03 Å². The van der Waals surface area contributed by atoms with Crippen molar-refractivity contribution in [3.8, 4) is 0 Å². The van der Waals surface area contributed by atoms with Gasteiger partial charge in [-0.1, -0.05) is 37.3 Å². The number of nitrogens with zero attached hydrogens (tertiary/aromatic N) is 2. The quantitative estimate of drug-likeness (QED) is 0.709. The molecule has 0 radical (unpaired) electrons. The van der Waals surface area contributed by atoms with E-state index >= 15 is 0 Å². The summed E-state index contributed by atoms with van der Waals surface area (Å²) in [5.74, 6) is 0.574. The van der Waals surface area contributed by atoms with Crippen molar-refractivity contribution in [3.63, 3.8) is 0 Å². The molecular weight excluding hydrogens is 386 g/mol. The Morgan fingerprint density at radius 1 is 1.03 bits per heavy atom. The molecule has 1 saturated heterocycles. The number of amides is 1. The lowest BCUT2D eigenvalue weighted by atomic mass is 10.0. The minimum Gasteiger partial charge on any atom is -0.333 e. The Hall–Kier alpha value is -2.64. The van der Waals surface area contributed by atoms with Gasteiger partial charge in [-0.15, -0.1) is 0 Å². The molecule has 3 aromatic rings. The molecule has 152 valence electrons. The molecule has 1 aliphatic rings. The molecule has 1 aromatic heterocycles. The summed E-state index contributed by atoms with van der Waals surface area (Å²) in [6.45, 7) is 3.63. The Bertz CT molecular complexity index is 1110. The zero-order valence-corrected chi connectivity index (χ0v) is 17.2. The van der Waals surface area contributed by atoms with Crippen LogP contribution in [0.1, 0.15) is 25.3 Å². The number of hydrogen-bond acceptors (Lipinski definition) is 3. The minimum absolute atomic E-state index is 0.217. The minimum atomic E-state index is -3.45. The lowest BCUT2D eigenvalue weighted by Gasteiger charge is -2.29. The van der Waals surface area contributed by atoms with E-state index in [-0.39, 0.29) is 6.03 Å². The van der Waals surface area contributed by atoms with E-state index in [0.717, 1.165) is 29.3 Å². The van der Waals surface area contributed by atoms with E-state index in [1.54, 1.807) is 39.3 Å². The number of carbonyl (C=O) groups excluding carboxylic acids is 1. The van der Waals surface area contributed by atoms with Gasteiger partial charge in [-0.3, -0.25) is 4.57 Å². The highest BCUT2D eigenvalue weighted by Gasteiger charge is 2.27. The second-order valence-corrected chi connectivity index (χ2v) is 9.57. The van der Waals surface area contributed by atoms with Crippen LogP contribution in [-0.4, -0.2) is 36.4 Å². The maximum atomic E-state index is 12.8. The van der Waals surface area contributed by atoms with Gasteiger partial charge in [0.05, 0.1) is 10.4 Å². The average Bonchev–Trinajstić information content (AvgIpc) is 3.17. The van der Waals surface area contributed by atoms with Crippen LogP contribution in [0.2, 0.25) is 0 Å². The highest BCUT2D eigenvalue weighted by Crippen LogP contribution is 2.23. The van der Waals surface area contributed by atoms with Gasteiger partial charge in [-0.2, -0.15) is 4.31 Å². The van der Waals surface area contributed by atoms with Crippen molar-refractivity contribution in [3.05, 3.63) is 66.4 Å². The second-order valence-electron chi connectivity index (χ2n) is 7.63. The summed E-state index contributed by atoms with van der Waals surface area (Å²) in [7, 11) is -3.45. The molecule has 0 saturated carbocycles. The van der Waals surface area contributed by atoms with Crippen LogP contribution in [0, 0.1) is 5.92 Å². The number of nitrogens with one attached hydrogen (secondary N) is 1. The first-order valence-electron chi connectivity index (χ1n) is 9.88. The number of aromatic nitrogens is 1. The summed E-state index contributed by atoms with van der Waals surface area (Å²) < 4.78 is 28.8. The SMILES string of the molecule is CC1CCN(S(=O)(=O)c2ccc(CNC(=O)n3ccc4ccccc43)cc2)CC1. The maximum absolute atomic E-state index is 12.8. The van der Waals surface area contributed by atoms with Gasteiger partial charge in [0, 0.05) is 31.2 Å². The van der Waals surface area contributed by atoms with Crippen molar-refractivity contribution in [2.24, 2.45) is 5.92 Å². The van der Waals surface area contributed by atoms with Crippen molar-refractivity contribution in [2.75, 3.05) is 13.1 Å². The van der Waals surface area contributed by atoms with E-state index in [1.165, 1.54) is 0 Å². The molecule has 7 heteroatoms. The number of benzene rings is 2. The third-order valence-corrected chi connectivity index (χ3v) is 7.48. The molecule has 1 aliphatic heterocycles. The Balaban J connectivity index is 1.41. The Labute approximate surface area is 171 Å². The smallest absolute Gasteiger partial charge is 0.326 e. The van der Waals surface area contributed by atoms with Crippen LogP contribution >= 0.6 is 0 Å². The Morgan fingerprint density at radius 2 is 1.72 bits per heavy atom. The van der Waals surface area contributed by atoms with Crippen molar-refractivity contribution in [2.45, 2.75) is 31.2 Å². The Kier molecular flexibility index (Phi) is 5.43. The number of rotatable bonds is 4. The monoisotopic (exact) mass is 411 g/mol. The van der Waals surface area contributed by atoms with Gasteiger partial charge in [-0.05, 0) is 48.6 Å². The van der Waals surface area contributed by atoms with Crippen molar-refractivity contribution >= 4 is 27.0 Å². The largest absolute Gasteiger partial charge is 0.333 e. The third kappa shape index (κ3) is 4.06. The molecule has 0 spiro atoms. The molecule has 0 bridgehead atoms. The van der Waals surface area contributed by atoms with Crippen molar-refractivity contribution in [1.29, 1.82) is 0 Å². The zero-order chi connectivity index (χ0) is 20.4. The van der Waals surface area contributed by atoms with E-state index in [9.17, 15) is 13.2 Å². The van der Waals surface area contributed by atoms with Gasteiger partial charge in [0.25, 0.3) is 0 Å². The normalized spacial score (nSPS) is 16.2. The number of carbonyl (C=O) groups is 1. The molecule has 2 aromatic carbocycles. The number of fused-ring (bicyclic) bond motifs is 1. The fourth-order valence-electron chi connectivity index (χ4n) is 3.68. The molecule has 1 N–H and O–H groups in total. The van der Waals surface area contributed by atoms with Crippen molar-refractivity contribution in [1.82, 2.24) is 14.2 Å². The summed E-state index contributed by atoms with van der Waals surface area (Å²) in [6.07, 6.45) is 3.55. The summed E-state index contributed by atoms with van der Waals surface area (Å²) in [4.78, 5) is 12.8. The van der Waals surface area contributed by atoms with Crippen LogP contribution in [0.4, 0.5) is 4.79 Å². The second kappa shape index (κ2) is 8.00. The van der Waals surface area contributed by atoms with Gasteiger partial charge < -0.3 is 5.32 Å². The summed E-state index contributed by atoms with van der Waals surface area (Å²) in [5, 5.41) is 3.89. The summed E-state index contributed by atoms with van der Waals surface area (Å²) >= 11 is 0.